The first kappa shape index (κ1) is 12.6. The van der Waals surface area contributed by atoms with Crippen LogP contribution in [0.1, 0.15) is 12.8 Å². The van der Waals surface area contributed by atoms with Gasteiger partial charge in [-0.2, -0.15) is 0 Å². The lowest BCUT2D eigenvalue weighted by Gasteiger charge is -2.16. The summed E-state index contributed by atoms with van der Waals surface area (Å²) in [6, 6.07) is 5.77. The monoisotopic (exact) mass is 270 g/mol. The Morgan fingerprint density at radius 2 is 2.29 bits per heavy atom. The maximum Gasteiger partial charge on any atom is 0.232 e. The molecule has 0 aromatic heterocycles. The van der Waals surface area contributed by atoms with Crippen molar-refractivity contribution in [3.63, 3.8) is 0 Å². The van der Waals surface area contributed by atoms with E-state index in [0.29, 0.717) is 22.5 Å². The second kappa shape index (κ2) is 5.19. The van der Waals surface area contributed by atoms with Crippen LogP contribution in [0.3, 0.4) is 0 Å². The number of carbonyl (C=O) groups excluding carboxylic acids is 1. The standard InChI is InChI=1S/C12H15ClN2OS/c1-15(9-3-4-9)12(16)7-17-11-6-8(13)2-5-10(11)14/h2,5-6,9H,3-4,7,14H2,1H3. The van der Waals surface area contributed by atoms with E-state index in [4.69, 9.17) is 17.3 Å². The number of hydrogen-bond donors (Lipinski definition) is 1. The minimum atomic E-state index is 0.150. The van der Waals surface area contributed by atoms with Crippen LogP contribution in [-0.2, 0) is 4.79 Å². The summed E-state index contributed by atoms with van der Waals surface area (Å²) in [5.74, 6) is 0.564. The van der Waals surface area contributed by atoms with Gasteiger partial charge in [-0.15, -0.1) is 11.8 Å². The number of hydrogen-bond acceptors (Lipinski definition) is 3. The number of anilines is 1. The molecule has 0 radical (unpaired) electrons. The van der Waals surface area contributed by atoms with E-state index >= 15 is 0 Å². The summed E-state index contributed by atoms with van der Waals surface area (Å²) in [6.07, 6.45) is 2.26. The number of benzene rings is 1. The quantitative estimate of drug-likeness (QED) is 0.676. The van der Waals surface area contributed by atoms with Gasteiger partial charge in [0.05, 0.1) is 5.75 Å². The predicted molar refractivity (Wildman–Crippen MR) is 72.4 cm³/mol. The lowest BCUT2D eigenvalue weighted by Crippen LogP contribution is -2.30. The van der Waals surface area contributed by atoms with Gasteiger partial charge >= 0.3 is 0 Å². The average molecular weight is 271 g/mol. The Balaban J connectivity index is 1.92. The Hall–Kier alpha value is -0.870. The molecule has 17 heavy (non-hydrogen) atoms. The largest absolute Gasteiger partial charge is 0.398 e. The molecule has 1 amide bonds. The van der Waals surface area contributed by atoms with Gasteiger partial charge in [-0.1, -0.05) is 11.6 Å². The fourth-order valence-electron chi connectivity index (χ4n) is 1.54. The Morgan fingerprint density at radius 1 is 1.59 bits per heavy atom. The van der Waals surface area contributed by atoms with E-state index in [1.54, 1.807) is 18.2 Å². The molecule has 1 saturated carbocycles. The minimum Gasteiger partial charge on any atom is -0.398 e. The summed E-state index contributed by atoms with van der Waals surface area (Å²) < 4.78 is 0. The average Bonchev–Trinajstić information content (AvgIpc) is 3.13. The van der Waals surface area contributed by atoms with Crippen molar-refractivity contribution in [3.05, 3.63) is 23.2 Å². The second-order valence-corrected chi connectivity index (χ2v) is 5.66. The molecule has 0 heterocycles. The Morgan fingerprint density at radius 3 is 2.94 bits per heavy atom. The van der Waals surface area contributed by atoms with Crippen molar-refractivity contribution in [2.45, 2.75) is 23.8 Å². The third-order valence-electron chi connectivity index (χ3n) is 2.81. The van der Waals surface area contributed by atoms with Crippen LogP contribution in [0.15, 0.2) is 23.1 Å². The lowest BCUT2D eigenvalue weighted by atomic mass is 10.3. The van der Waals surface area contributed by atoms with Crippen molar-refractivity contribution in [2.24, 2.45) is 0 Å². The van der Waals surface area contributed by atoms with Crippen molar-refractivity contribution < 1.29 is 4.79 Å². The predicted octanol–water partition coefficient (Wildman–Crippen LogP) is 2.64. The first-order valence-electron chi connectivity index (χ1n) is 5.51. The zero-order valence-corrected chi connectivity index (χ0v) is 11.2. The first-order chi connectivity index (χ1) is 8.08. The number of halogens is 1. The highest BCUT2D eigenvalue weighted by Gasteiger charge is 2.29. The zero-order chi connectivity index (χ0) is 12.4. The number of rotatable bonds is 4. The van der Waals surface area contributed by atoms with E-state index in [1.807, 2.05) is 11.9 Å². The smallest absolute Gasteiger partial charge is 0.232 e. The molecule has 2 rings (SSSR count). The molecule has 1 aromatic rings. The van der Waals surface area contributed by atoms with E-state index in [1.165, 1.54) is 11.8 Å². The van der Waals surface area contributed by atoms with Gasteiger partial charge in [0.1, 0.15) is 0 Å². The fourth-order valence-corrected chi connectivity index (χ4v) is 2.70. The highest BCUT2D eigenvalue weighted by atomic mass is 35.5. The van der Waals surface area contributed by atoms with Crippen LogP contribution >= 0.6 is 23.4 Å². The Kier molecular flexibility index (Phi) is 3.84. The van der Waals surface area contributed by atoms with Crippen molar-refractivity contribution >= 4 is 35.0 Å². The van der Waals surface area contributed by atoms with Gasteiger partial charge in [0.2, 0.25) is 5.91 Å². The maximum atomic E-state index is 11.8. The second-order valence-electron chi connectivity index (χ2n) is 4.21. The molecule has 0 aliphatic heterocycles. The van der Waals surface area contributed by atoms with Crippen LogP contribution in [0.2, 0.25) is 5.02 Å². The summed E-state index contributed by atoms with van der Waals surface area (Å²) in [5, 5.41) is 0.643. The van der Waals surface area contributed by atoms with E-state index in [-0.39, 0.29) is 5.91 Å². The summed E-state index contributed by atoms with van der Waals surface area (Å²) in [4.78, 5) is 14.5. The summed E-state index contributed by atoms with van der Waals surface area (Å²) in [6.45, 7) is 0. The zero-order valence-electron chi connectivity index (χ0n) is 9.65. The molecular formula is C12H15ClN2OS. The normalized spacial score (nSPS) is 14.7. The van der Waals surface area contributed by atoms with Crippen molar-refractivity contribution in [1.29, 1.82) is 0 Å². The number of nitrogens with two attached hydrogens (primary N) is 1. The molecule has 0 spiro atoms. The molecule has 0 atom stereocenters. The van der Waals surface area contributed by atoms with Gasteiger partial charge in [-0.05, 0) is 31.0 Å². The molecule has 5 heteroatoms. The van der Waals surface area contributed by atoms with E-state index in [9.17, 15) is 4.79 Å². The van der Waals surface area contributed by atoms with Crippen LogP contribution in [0.5, 0.6) is 0 Å². The number of amides is 1. The molecular weight excluding hydrogens is 256 g/mol. The summed E-state index contributed by atoms with van der Waals surface area (Å²) in [5.41, 5.74) is 6.49. The molecule has 92 valence electrons. The van der Waals surface area contributed by atoms with Crippen LogP contribution < -0.4 is 5.73 Å². The van der Waals surface area contributed by atoms with Gasteiger partial charge in [0.15, 0.2) is 0 Å². The van der Waals surface area contributed by atoms with Crippen LogP contribution in [0.25, 0.3) is 0 Å². The van der Waals surface area contributed by atoms with Crippen molar-refractivity contribution in [3.8, 4) is 0 Å². The molecule has 1 aromatic carbocycles. The molecule has 0 saturated heterocycles. The van der Waals surface area contributed by atoms with E-state index < -0.39 is 0 Å². The van der Waals surface area contributed by atoms with E-state index in [2.05, 4.69) is 0 Å². The maximum absolute atomic E-state index is 11.8. The number of thioether (sulfide) groups is 1. The number of nitrogen functional groups attached to an aromatic ring is 1. The summed E-state index contributed by atoms with van der Waals surface area (Å²) >= 11 is 7.33. The highest BCUT2D eigenvalue weighted by Crippen LogP contribution is 2.30. The molecule has 0 bridgehead atoms. The van der Waals surface area contributed by atoms with Crippen molar-refractivity contribution in [2.75, 3.05) is 18.5 Å². The van der Waals surface area contributed by atoms with Gasteiger partial charge in [0.25, 0.3) is 0 Å². The Labute approximate surface area is 110 Å². The summed E-state index contributed by atoms with van der Waals surface area (Å²) in [7, 11) is 1.86. The van der Waals surface area contributed by atoms with Gasteiger partial charge in [-0.3, -0.25) is 4.79 Å². The van der Waals surface area contributed by atoms with Crippen LogP contribution in [0, 0.1) is 0 Å². The third kappa shape index (κ3) is 3.30. The molecule has 1 aliphatic carbocycles. The van der Waals surface area contributed by atoms with E-state index in [0.717, 1.165) is 17.7 Å². The van der Waals surface area contributed by atoms with Crippen LogP contribution in [0.4, 0.5) is 5.69 Å². The Bertz CT molecular complexity index is 435. The van der Waals surface area contributed by atoms with Crippen molar-refractivity contribution in [1.82, 2.24) is 4.90 Å². The van der Waals surface area contributed by atoms with Gasteiger partial charge in [-0.25, -0.2) is 0 Å². The molecule has 1 aliphatic rings. The molecule has 2 N–H and O–H groups in total. The molecule has 1 fully saturated rings. The van der Waals surface area contributed by atoms with Gasteiger partial charge in [0, 0.05) is 28.7 Å². The highest BCUT2D eigenvalue weighted by molar-refractivity contribution is 8.00. The fraction of sp³-hybridized carbons (Fsp3) is 0.417. The number of carbonyl (C=O) groups is 1. The van der Waals surface area contributed by atoms with Crippen LogP contribution in [-0.4, -0.2) is 29.6 Å². The first-order valence-corrected chi connectivity index (χ1v) is 6.88. The number of nitrogens with zero attached hydrogens (tertiary/aromatic N) is 1. The molecule has 3 nitrogen and oxygen atoms in total. The third-order valence-corrected chi connectivity index (χ3v) is 4.11. The minimum absolute atomic E-state index is 0.150. The molecule has 0 unspecified atom stereocenters. The lowest BCUT2D eigenvalue weighted by molar-refractivity contribution is -0.127. The SMILES string of the molecule is CN(C(=O)CSc1cc(Cl)ccc1N)C1CC1. The topological polar surface area (TPSA) is 46.3 Å². The van der Waals surface area contributed by atoms with Gasteiger partial charge < -0.3 is 10.6 Å².